The van der Waals surface area contributed by atoms with E-state index in [1.54, 1.807) is 18.2 Å². The first kappa shape index (κ1) is 8.38. The third kappa shape index (κ3) is 1.47. The second kappa shape index (κ2) is 3.26. The Balaban J connectivity index is 2.36. The van der Waals surface area contributed by atoms with E-state index in [2.05, 4.69) is 0 Å². The van der Waals surface area contributed by atoms with Gasteiger partial charge >= 0.3 is 0 Å². The molecule has 3 nitrogen and oxygen atoms in total. The normalized spacial score (nSPS) is 13.0. The molecule has 0 bridgehead atoms. The minimum Gasteiger partial charge on any atom is -0.454 e. The molecule has 0 saturated heterocycles. The Labute approximate surface area is 80.2 Å². The molecule has 0 spiro atoms. The van der Waals surface area contributed by atoms with Crippen LogP contribution in [-0.2, 0) is 0 Å². The number of carbonyl (C=O) groups excluding carboxylic acids is 1. The number of halogens is 1. The van der Waals surface area contributed by atoms with Gasteiger partial charge in [-0.15, -0.1) is 11.6 Å². The fraction of sp³-hybridized carbons (Fsp3) is 0.222. The number of hydrogen-bond acceptors (Lipinski definition) is 3. The lowest BCUT2D eigenvalue weighted by molar-refractivity contribution is 0.102. The smallest absolute Gasteiger partial charge is 0.231 e. The van der Waals surface area contributed by atoms with Gasteiger partial charge in [-0.1, -0.05) is 0 Å². The van der Waals surface area contributed by atoms with Crippen molar-refractivity contribution in [1.29, 1.82) is 0 Å². The summed E-state index contributed by atoms with van der Waals surface area (Å²) in [5.41, 5.74) is 0.555. The molecular weight excluding hydrogens is 192 g/mol. The zero-order valence-corrected chi connectivity index (χ0v) is 7.50. The van der Waals surface area contributed by atoms with E-state index in [0.29, 0.717) is 17.1 Å². The Morgan fingerprint density at radius 3 is 2.92 bits per heavy atom. The summed E-state index contributed by atoms with van der Waals surface area (Å²) in [6, 6.07) is 5.04. The van der Waals surface area contributed by atoms with Crippen LogP contribution >= 0.6 is 11.6 Å². The Morgan fingerprint density at radius 2 is 2.15 bits per heavy atom. The second-order valence-electron chi connectivity index (χ2n) is 2.62. The van der Waals surface area contributed by atoms with Crippen LogP contribution in [-0.4, -0.2) is 18.5 Å². The van der Waals surface area contributed by atoms with Crippen LogP contribution in [0, 0.1) is 0 Å². The average molecular weight is 199 g/mol. The standard InChI is InChI=1S/C9H7ClO3/c10-4-7(11)6-1-2-8-9(3-6)13-5-12-8/h1-3H,4-5H2. The largest absolute Gasteiger partial charge is 0.454 e. The van der Waals surface area contributed by atoms with Crippen molar-refractivity contribution >= 4 is 17.4 Å². The summed E-state index contributed by atoms with van der Waals surface area (Å²) in [6.07, 6.45) is 0. The molecule has 1 aromatic rings. The van der Waals surface area contributed by atoms with Gasteiger partial charge in [-0.2, -0.15) is 0 Å². The van der Waals surface area contributed by atoms with Gasteiger partial charge in [0.25, 0.3) is 0 Å². The van der Waals surface area contributed by atoms with Crippen LogP contribution in [0.25, 0.3) is 0 Å². The first-order valence-corrected chi connectivity index (χ1v) is 4.33. The molecule has 13 heavy (non-hydrogen) atoms. The Morgan fingerprint density at radius 1 is 1.38 bits per heavy atom. The Hall–Kier alpha value is -1.22. The monoisotopic (exact) mass is 198 g/mol. The molecule has 1 aliphatic rings. The molecule has 2 rings (SSSR count). The summed E-state index contributed by atoms with van der Waals surface area (Å²) in [5.74, 6) is 1.15. The van der Waals surface area contributed by atoms with Gasteiger partial charge < -0.3 is 9.47 Å². The third-order valence-electron chi connectivity index (χ3n) is 1.82. The van der Waals surface area contributed by atoms with Crippen molar-refractivity contribution in [2.24, 2.45) is 0 Å². The van der Waals surface area contributed by atoms with E-state index in [0.717, 1.165) is 0 Å². The number of alkyl halides is 1. The number of ether oxygens (including phenoxy) is 2. The van der Waals surface area contributed by atoms with Gasteiger partial charge in [0.1, 0.15) is 0 Å². The van der Waals surface area contributed by atoms with Crippen LogP contribution in [0.3, 0.4) is 0 Å². The van der Waals surface area contributed by atoms with E-state index < -0.39 is 0 Å². The summed E-state index contributed by atoms with van der Waals surface area (Å²) in [6.45, 7) is 0.216. The molecule has 0 N–H and O–H groups in total. The maximum atomic E-state index is 11.2. The van der Waals surface area contributed by atoms with Gasteiger partial charge in [0.2, 0.25) is 6.79 Å². The van der Waals surface area contributed by atoms with E-state index in [4.69, 9.17) is 21.1 Å². The highest BCUT2D eigenvalue weighted by Crippen LogP contribution is 2.32. The number of benzene rings is 1. The van der Waals surface area contributed by atoms with Crippen molar-refractivity contribution < 1.29 is 14.3 Å². The molecular formula is C9H7ClO3. The average Bonchev–Trinajstić information content (AvgIpc) is 2.63. The molecule has 68 valence electrons. The van der Waals surface area contributed by atoms with E-state index in [1.165, 1.54) is 0 Å². The highest BCUT2D eigenvalue weighted by molar-refractivity contribution is 6.30. The lowest BCUT2D eigenvalue weighted by Crippen LogP contribution is -1.99. The van der Waals surface area contributed by atoms with Crippen LogP contribution in [0.5, 0.6) is 11.5 Å². The summed E-state index contributed by atoms with van der Waals surface area (Å²) in [5, 5.41) is 0. The topological polar surface area (TPSA) is 35.5 Å². The molecule has 0 atom stereocenters. The number of carbonyl (C=O) groups is 1. The van der Waals surface area contributed by atoms with E-state index in [9.17, 15) is 4.79 Å². The highest BCUT2D eigenvalue weighted by Gasteiger charge is 2.15. The minimum atomic E-state index is -0.111. The molecule has 0 aliphatic carbocycles. The van der Waals surface area contributed by atoms with Gasteiger partial charge in [-0.05, 0) is 18.2 Å². The summed E-state index contributed by atoms with van der Waals surface area (Å²) < 4.78 is 10.2. The van der Waals surface area contributed by atoms with Crippen molar-refractivity contribution in [2.45, 2.75) is 0 Å². The van der Waals surface area contributed by atoms with E-state index >= 15 is 0 Å². The first-order chi connectivity index (χ1) is 6.31. The molecule has 0 unspecified atom stereocenters. The van der Waals surface area contributed by atoms with Crippen molar-refractivity contribution in [3.05, 3.63) is 23.8 Å². The SMILES string of the molecule is O=C(CCl)c1ccc2c(c1)OCO2. The summed E-state index contributed by atoms with van der Waals surface area (Å²) >= 11 is 5.42. The number of Topliss-reactive ketones (excluding diaryl/α,β-unsaturated/α-hetero) is 1. The van der Waals surface area contributed by atoms with Crippen molar-refractivity contribution in [2.75, 3.05) is 12.7 Å². The van der Waals surface area contributed by atoms with Crippen LogP contribution in [0.15, 0.2) is 18.2 Å². The predicted molar refractivity (Wildman–Crippen MR) is 47.6 cm³/mol. The van der Waals surface area contributed by atoms with Crippen molar-refractivity contribution in [1.82, 2.24) is 0 Å². The van der Waals surface area contributed by atoms with E-state index in [1.807, 2.05) is 0 Å². The molecule has 0 amide bonds. The molecule has 1 aromatic carbocycles. The molecule has 4 heteroatoms. The number of ketones is 1. The van der Waals surface area contributed by atoms with Crippen LogP contribution in [0.2, 0.25) is 0 Å². The second-order valence-corrected chi connectivity index (χ2v) is 2.89. The zero-order valence-electron chi connectivity index (χ0n) is 6.75. The predicted octanol–water partition coefficient (Wildman–Crippen LogP) is 1.84. The third-order valence-corrected chi connectivity index (χ3v) is 2.06. The van der Waals surface area contributed by atoms with Crippen LogP contribution < -0.4 is 9.47 Å². The molecule has 1 aliphatic heterocycles. The van der Waals surface area contributed by atoms with Gasteiger partial charge in [0, 0.05) is 5.56 Å². The summed E-state index contributed by atoms with van der Waals surface area (Å²) in [7, 11) is 0. The van der Waals surface area contributed by atoms with Gasteiger partial charge in [0.15, 0.2) is 17.3 Å². The maximum absolute atomic E-state index is 11.2. The Kier molecular flexibility index (Phi) is 2.10. The maximum Gasteiger partial charge on any atom is 0.231 e. The quantitative estimate of drug-likeness (QED) is 0.537. The molecule has 0 fully saturated rings. The lowest BCUT2D eigenvalue weighted by Gasteiger charge is -1.98. The van der Waals surface area contributed by atoms with Gasteiger partial charge in [-0.3, -0.25) is 4.79 Å². The number of hydrogen-bond donors (Lipinski definition) is 0. The summed E-state index contributed by atoms with van der Waals surface area (Å²) in [4.78, 5) is 11.2. The molecule has 0 radical (unpaired) electrons. The fourth-order valence-corrected chi connectivity index (χ4v) is 1.30. The Bertz CT molecular complexity index is 349. The molecule has 1 heterocycles. The zero-order chi connectivity index (χ0) is 9.26. The van der Waals surface area contributed by atoms with Gasteiger partial charge in [0.05, 0.1) is 5.88 Å². The number of rotatable bonds is 2. The molecule has 0 saturated carbocycles. The molecule has 0 aromatic heterocycles. The van der Waals surface area contributed by atoms with E-state index in [-0.39, 0.29) is 18.5 Å². The van der Waals surface area contributed by atoms with Crippen molar-refractivity contribution in [3.8, 4) is 11.5 Å². The number of fused-ring (bicyclic) bond motifs is 1. The minimum absolute atomic E-state index is 0.0142. The lowest BCUT2D eigenvalue weighted by atomic mass is 10.1. The first-order valence-electron chi connectivity index (χ1n) is 3.80. The van der Waals surface area contributed by atoms with Crippen molar-refractivity contribution in [3.63, 3.8) is 0 Å². The highest BCUT2D eigenvalue weighted by atomic mass is 35.5. The fourth-order valence-electron chi connectivity index (χ4n) is 1.15. The van der Waals surface area contributed by atoms with Gasteiger partial charge in [-0.25, -0.2) is 0 Å². The van der Waals surface area contributed by atoms with Crippen LogP contribution in [0.1, 0.15) is 10.4 Å². The van der Waals surface area contributed by atoms with Crippen LogP contribution in [0.4, 0.5) is 0 Å².